The zero-order valence-corrected chi connectivity index (χ0v) is 8.75. The van der Waals surface area contributed by atoms with Crippen LogP contribution in [0.2, 0.25) is 0 Å². The normalized spacial score (nSPS) is 27.5. The number of nitrogens with zero attached hydrogens (tertiary/aromatic N) is 1. The molecule has 0 aromatic rings. The summed E-state index contributed by atoms with van der Waals surface area (Å²) in [5.74, 6) is 0. The molecular formula is C9H20N2O2. The first-order valence-corrected chi connectivity index (χ1v) is 4.74. The van der Waals surface area contributed by atoms with E-state index in [1.54, 1.807) is 7.11 Å². The standard InChI is InChI=1S/C9H20N2O2/c1-10-8(7-12-3)9-6-11(2)4-5-13-9/h8-10H,4-7H2,1-3H3. The van der Waals surface area contributed by atoms with Gasteiger partial charge in [0, 0.05) is 20.2 Å². The molecule has 1 saturated heterocycles. The number of likely N-dealkylation sites (N-methyl/N-ethyl adjacent to an activating group) is 2. The van der Waals surface area contributed by atoms with Crippen molar-refractivity contribution in [1.29, 1.82) is 0 Å². The molecular weight excluding hydrogens is 168 g/mol. The zero-order chi connectivity index (χ0) is 9.68. The fraction of sp³-hybridized carbons (Fsp3) is 1.00. The van der Waals surface area contributed by atoms with Gasteiger partial charge >= 0.3 is 0 Å². The molecule has 0 aliphatic carbocycles. The lowest BCUT2D eigenvalue weighted by Gasteiger charge is -2.34. The molecule has 4 nitrogen and oxygen atoms in total. The van der Waals surface area contributed by atoms with Gasteiger partial charge in [0.15, 0.2) is 0 Å². The van der Waals surface area contributed by atoms with Crippen LogP contribution in [-0.2, 0) is 9.47 Å². The van der Waals surface area contributed by atoms with Gasteiger partial charge in [-0.2, -0.15) is 0 Å². The Morgan fingerprint density at radius 2 is 2.46 bits per heavy atom. The van der Waals surface area contributed by atoms with Gasteiger partial charge in [0.1, 0.15) is 0 Å². The molecule has 78 valence electrons. The molecule has 0 aromatic carbocycles. The number of methoxy groups -OCH3 is 1. The summed E-state index contributed by atoms with van der Waals surface area (Å²) < 4.78 is 10.8. The van der Waals surface area contributed by atoms with Gasteiger partial charge in [-0.15, -0.1) is 0 Å². The third kappa shape index (κ3) is 3.23. The van der Waals surface area contributed by atoms with Crippen molar-refractivity contribution < 1.29 is 9.47 Å². The number of ether oxygens (including phenoxy) is 2. The van der Waals surface area contributed by atoms with Crippen molar-refractivity contribution >= 4 is 0 Å². The molecule has 1 fully saturated rings. The first kappa shape index (κ1) is 10.9. The van der Waals surface area contributed by atoms with Gasteiger partial charge in [0.25, 0.3) is 0 Å². The molecule has 13 heavy (non-hydrogen) atoms. The summed E-state index contributed by atoms with van der Waals surface area (Å²) in [7, 11) is 5.79. The number of nitrogens with one attached hydrogen (secondary N) is 1. The number of morpholine rings is 1. The topological polar surface area (TPSA) is 33.7 Å². The third-order valence-corrected chi connectivity index (χ3v) is 2.46. The van der Waals surface area contributed by atoms with Gasteiger partial charge in [-0.1, -0.05) is 0 Å². The minimum atomic E-state index is 0.253. The van der Waals surface area contributed by atoms with Crippen molar-refractivity contribution in [3.8, 4) is 0 Å². The van der Waals surface area contributed by atoms with Crippen LogP contribution in [0.15, 0.2) is 0 Å². The van der Waals surface area contributed by atoms with E-state index < -0.39 is 0 Å². The van der Waals surface area contributed by atoms with Crippen LogP contribution < -0.4 is 5.32 Å². The van der Waals surface area contributed by atoms with Crippen LogP contribution in [0.3, 0.4) is 0 Å². The summed E-state index contributed by atoms with van der Waals surface area (Å²) in [5, 5.41) is 3.22. The Morgan fingerprint density at radius 1 is 1.69 bits per heavy atom. The van der Waals surface area contributed by atoms with Crippen LogP contribution in [0.25, 0.3) is 0 Å². The van der Waals surface area contributed by atoms with E-state index in [2.05, 4.69) is 17.3 Å². The van der Waals surface area contributed by atoms with Crippen LogP contribution in [0.1, 0.15) is 0 Å². The molecule has 0 radical (unpaired) electrons. The Morgan fingerprint density at radius 3 is 3.00 bits per heavy atom. The second-order valence-electron chi connectivity index (χ2n) is 3.52. The van der Waals surface area contributed by atoms with Crippen LogP contribution >= 0.6 is 0 Å². The van der Waals surface area contributed by atoms with Crippen molar-refractivity contribution in [3.63, 3.8) is 0 Å². The van der Waals surface area contributed by atoms with Crippen LogP contribution in [0, 0.1) is 0 Å². The highest BCUT2D eigenvalue weighted by Gasteiger charge is 2.25. The number of hydrogen-bond donors (Lipinski definition) is 1. The fourth-order valence-corrected chi connectivity index (χ4v) is 1.61. The van der Waals surface area contributed by atoms with E-state index in [0.717, 1.165) is 19.7 Å². The van der Waals surface area contributed by atoms with E-state index in [4.69, 9.17) is 9.47 Å². The molecule has 0 saturated carbocycles. The zero-order valence-electron chi connectivity index (χ0n) is 8.75. The molecule has 2 unspecified atom stereocenters. The average Bonchev–Trinajstić information content (AvgIpc) is 2.14. The summed E-state index contributed by atoms with van der Waals surface area (Å²) >= 11 is 0. The van der Waals surface area contributed by atoms with Gasteiger partial charge in [0.05, 0.1) is 25.4 Å². The predicted molar refractivity (Wildman–Crippen MR) is 52.0 cm³/mol. The van der Waals surface area contributed by atoms with Gasteiger partial charge < -0.3 is 19.7 Å². The van der Waals surface area contributed by atoms with Crippen molar-refractivity contribution in [2.24, 2.45) is 0 Å². The molecule has 1 heterocycles. The molecule has 0 amide bonds. The highest BCUT2D eigenvalue weighted by Crippen LogP contribution is 2.07. The molecule has 4 heteroatoms. The van der Waals surface area contributed by atoms with Gasteiger partial charge in [-0.25, -0.2) is 0 Å². The smallest absolute Gasteiger partial charge is 0.0877 e. The van der Waals surface area contributed by atoms with Crippen LogP contribution in [0.5, 0.6) is 0 Å². The van der Waals surface area contributed by atoms with E-state index >= 15 is 0 Å². The van der Waals surface area contributed by atoms with Crippen molar-refractivity contribution in [2.75, 3.05) is 47.5 Å². The Bertz CT molecular complexity index is 144. The molecule has 1 aliphatic rings. The summed E-state index contributed by atoms with van der Waals surface area (Å²) in [4.78, 5) is 2.29. The predicted octanol–water partition coefficient (Wildman–Crippen LogP) is -0.449. The average molecular weight is 188 g/mol. The quantitative estimate of drug-likeness (QED) is 0.648. The van der Waals surface area contributed by atoms with E-state index in [-0.39, 0.29) is 6.10 Å². The van der Waals surface area contributed by atoms with Gasteiger partial charge in [-0.3, -0.25) is 0 Å². The molecule has 2 atom stereocenters. The minimum absolute atomic E-state index is 0.253. The SMILES string of the molecule is CNC(COC)C1CN(C)CCO1. The summed E-state index contributed by atoms with van der Waals surface area (Å²) in [6.07, 6.45) is 0.253. The Kier molecular flexibility index (Phi) is 4.66. The molecule has 1 rings (SSSR count). The Balaban J connectivity index is 2.37. The van der Waals surface area contributed by atoms with Crippen LogP contribution in [0.4, 0.5) is 0 Å². The maximum absolute atomic E-state index is 5.67. The van der Waals surface area contributed by atoms with Crippen molar-refractivity contribution in [1.82, 2.24) is 10.2 Å². The lowest BCUT2D eigenvalue weighted by Crippen LogP contribution is -2.52. The van der Waals surface area contributed by atoms with Gasteiger partial charge in [-0.05, 0) is 14.1 Å². The van der Waals surface area contributed by atoms with E-state index in [1.165, 1.54) is 0 Å². The molecule has 0 bridgehead atoms. The third-order valence-electron chi connectivity index (χ3n) is 2.46. The summed E-state index contributed by atoms with van der Waals surface area (Å²) in [6.45, 7) is 3.53. The van der Waals surface area contributed by atoms with Crippen molar-refractivity contribution in [3.05, 3.63) is 0 Å². The monoisotopic (exact) mass is 188 g/mol. The molecule has 1 N–H and O–H groups in total. The molecule has 1 aliphatic heterocycles. The lowest BCUT2D eigenvalue weighted by atomic mass is 10.1. The fourth-order valence-electron chi connectivity index (χ4n) is 1.61. The van der Waals surface area contributed by atoms with Crippen molar-refractivity contribution in [2.45, 2.75) is 12.1 Å². The molecule has 0 spiro atoms. The maximum Gasteiger partial charge on any atom is 0.0877 e. The second kappa shape index (κ2) is 5.54. The van der Waals surface area contributed by atoms with E-state index in [9.17, 15) is 0 Å². The Hall–Kier alpha value is -0.160. The maximum atomic E-state index is 5.67. The summed E-state index contributed by atoms with van der Waals surface area (Å²) in [5.41, 5.74) is 0. The van der Waals surface area contributed by atoms with Gasteiger partial charge in [0.2, 0.25) is 0 Å². The lowest BCUT2D eigenvalue weighted by molar-refractivity contribution is -0.0497. The van der Waals surface area contributed by atoms with Crippen LogP contribution in [-0.4, -0.2) is 64.6 Å². The highest BCUT2D eigenvalue weighted by molar-refractivity contribution is 4.80. The number of hydrogen-bond acceptors (Lipinski definition) is 4. The largest absolute Gasteiger partial charge is 0.383 e. The Labute approximate surface area is 80.2 Å². The molecule has 0 aromatic heterocycles. The number of rotatable bonds is 4. The van der Waals surface area contributed by atoms with E-state index in [0.29, 0.717) is 12.6 Å². The van der Waals surface area contributed by atoms with E-state index in [1.807, 2.05) is 7.05 Å². The highest BCUT2D eigenvalue weighted by atomic mass is 16.5. The first-order chi connectivity index (χ1) is 6.27. The second-order valence-corrected chi connectivity index (χ2v) is 3.52. The first-order valence-electron chi connectivity index (χ1n) is 4.74. The summed E-state index contributed by atoms with van der Waals surface area (Å²) in [6, 6.07) is 0.299. The minimum Gasteiger partial charge on any atom is -0.383 e.